The van der Waals surface area contributed by atoms with Crippen LogP contribution in [0, 0.1) is 5.92 Å². The lowest BCUT2D eigenvalue weighted by Gasteiger charge is -2.21. The lowest BCUT2D eigenvalue weighted by molar-refractivity contribution is 0.0693. The van der Waals surface area contributed by atoms with E-state index in [1.807, 2.05) is 0 Å². The Balaban J connectivity index is 1.99. The summed E-state index contributed by atoms with van der Waals surface area (Å²) in [4.78, 5) is 15.5. The van der Waals surface area contributed by atoms with Crippen LogP contribution in [0.5, 0.6) is 5.75 Å². The number of carboxylic acids is 1. The number of pyridine rings is 1. The maximum atomic E-state index is 11.3. The van der Waals surface area contributed by atoms with Crippen LogP contribution in [0.1, 0.15) is 29.2 Å². The number of nitrogens with zero attached hydrogens (tertiary/aromatic N) is 2. The van der Waals surface area contributed by atoms with Crippen LogP contribution in [-0.2, 0) is 6.42 Å². The summed E-state index contributed by atoms with van der Waals surface area (Å²) >= 11 is 0. The van der Waals surface area contributed by atoms with Crippen molar-refractivity contribution in [1.29, 1.82) is 0 Å². The third-order valence-corrected chi connectivity index (χ3v) is 3.77. The third kappa shape index (κ3) is 2.34. The number of carbonyl (C=O) groups is 1. The highest BCUT2D eigenvalue weighted by atomic mass is 16.4. The molecule has 6 heteroatoms. The van der Waals surface area contributed by atoms with Gasteiger partial charge in [-0.1, -0.05) is 0 Å². The van der Waals surface area contributed by atoms with Crippen molar-refractivity contribution in [3.05, 3.63) is 29.8 Å². The zero-order valence-electron chi connectivity index (χ0n) is 11.0. The molecule has 1 aliphatic rings. The second kappa shape index (κ2) is 5.13. The summed E-state index contributed by atoms with van der Waals surface area (Å²) in [6.07, 6.45) is 4.69. The SMILES string of the molecule is O=C(O)c1nc(CC2CCCNC2)n2ccc(O)cc12. The van der Waals surface area contributed by atoms with E-state index in [4.69, 9.17) is 0 Å². The van der Waals surface area contributed by atoms with E-state index in [9.17, 15) is 15.0 Å². The number of carboxylic acid groups (broad SMARTS) is 1. The van der Waals surface area contributed by atoms with Crippen LogP contribution in [0.4, 0.5) is 0 Å². The minimum Gasteiger partial charge on any atom is -0.508 e. The zero-order valence-corrected chi connectivity index (χ0v) is 11.0. The van der Waals surface area contributed by atoms with Crippen LogP contribution in [0.3, 0.4) is 0 Å². The average Bonchev–Trinajstić information content (AvgIpc) is 2.78. The second-order valence-electron chi connectivity index (χ2n) is 5.24. The van der Waals surface area contributed by atoms with Crippen molar-refractivity contribution in [3.8, 4) is 5.75 Å². The summed E-state index contributed by atoms with van der Waals surface area (Å²) < 4.78 is 1.76. The fourth-order valence-electron chi connectivity index (χ4n) is 2.79. The predicted octanol–water partition coefficient (Wildman–Crippen LogP) is 1.28. The number of fused-ring (bicyclic) bond motifs is 1. The highest BCUT2D eigenvalue weighted by Crippen LogP contribution is 2.22. The molecule has 0 aliphatic carbocycles. The molecule has 1 saturated heterocycles. The summed E-state index contributed by atoms with van der Waals surface area (Å²) in [5, 5.41) is 22.1. The third-order valence-electron chi connectivity index (χ3n) is 3.77. The van der Waals surface area contributed by atoms with Gasteiger partial charge in [0, 0.05) is 18.7 Å². The van der Waals surface area contributed by atoms with Crippen LogP contribution in [0.15, 0.2) is 18.3 Å². The maximum Gasteiger partial charge on any atom is 0.356 e. The molecule has 2 aromatic rings. The largest absolute Gasteiger partial charge is 0.508 e. The molecule has 3 N–H and O–H groups in total. The van der Waals surface area contributed by atoms with E-state index in [1.54, 1.807) is 16.7 Å². The van der Waals surface area contributed by atoms with E-state index in [2.05, 4.69) is 10.3 Å². The van der Waals surface area contributed by atoms with Gasteiger partial charge in [0.15, 0.2) is 5.69 Å². The lowest BCUT2D eigenvalue weighted by Crippen LogP contribution is -2.31. The van der Waals surface area contributed by atoms with E-state index in [0.717, 1.165) is 38.2 Å². The summed E-state index contributed by atoms with van der Waals surface area (Å²) in [5.41, 5.74) is 0.441. The van der Waals surface area contributed by atoms with Gasteiger partial charge in [-0.3, -0.25) is 0 Å². The fraction of sp³-hybridized carbons (Fsp3) is 0.429. The molecule has 0 radical (unpaired) electrons. The second-order valence-corrected chi connectivity index (χ2v) is 5.24. The van der Waals surface area contributed by atoms with Gasteiger partial charge < -0.3 is 19.9 Å². The number of imidazole rings is 1. The Kier molecular flexibility index (Phi) is 3.31. The van der Waals surface area contributed by atoms with Crippen LogP contribution in [0.2, 0.25) is 0 Å². The molecule has 0 saturated carbocycles. The summed E-state index contributed by atoms with van der Waals surface area (Å²) in [6, 6.07) is 2.99. The number of piperidine rings is 1. The number of hydrogen-bond donors (Lipinski definition) is 3. The molecule has 3 rings (SSSR count). The monoisotopic (exact) mass is 275 g/mol. The van der Waals surface area contributed by atoms with Crippen molar-refractivity contribution in [1.82, 2.24) is 14.7 Å². The predicted molar refractivity (Wildman–Crippen MR) is 73.1 cm³/mol. The quantitative estimate of drug-likeness (QED) is 0.785. The van der Waals surface area contributed by atoms with Crippen molar-refractivity contribution in [2.75, 3.05) is 13.1 Å². The molecule has 1 fully saturated rings. The van der Waals surface area contributed by atoms with Crippen molar-refractivity contribution in [2.45, 2.75) is 19.3 Å². The number of nitrogens with one attached hydrogen (secondary N) is 1. The molecule has 3 heterocycles. The first-order valence-electron chi connectivity index (χ1n) is 6.79. The van der Waals surface area contributed by atoms with Gasteiger partial charge in [0.1, 0.15) is 11.6 Å². The highest BCUT2D eigenvalue weighted by molar-refractivity contribution is 5.94. The zero-order chi connectivity index (χ0) is 14.1. The van der Waals surface area contributed by atoms with Crippen molar-refractivity contribution in [3.63, 3.8) is 0 Å². The van der Waals surface area contributed by atoms with Crippen molar-refractivity contribution >= 4 is 11.5 Å². The topological polar surface area (TPSA) is 86.9 Å². The summed E-state index contributed by atoms with van der Waals surface area (Å²) in [6.45, 7) is 1.99. The van der Waals surface area contributed by atoms with Gasteiger partial charge in [0.2, 0.25) is 0 Å². The number of aromatic carboxylic acids is 1. The van der Waals surface area contributed by atoms with Crippen LogP contribution in [0.25, 0.3) is 5.52 Å². The van der Waals surface area contributed by atoms with E-state index >= 15 is 0 Å². The average molecular weight is 275 g/mol. The molecular formula is C14H17N3O3. The Morgan fingerprint density at radius 2 is 2.40 bits per heavy atom. The number of rotatable bonds is 3. The molecule has 1 aliphatic heterocycles. The van der Waals surface area contributed by atoms with Gasteiger partial charge in [0.25, 0.3) is 0 Å². The smallest absolute Gasteiger partial charge is 0.356 e. The molecule has 0 spiro atoms. The Morgan fingerprint density at radius 1 is 1.55 bits per heavy atom. The lowest BCUT2D eigenvalue weighted by atomic mass is 9.96. The number of aromatic hydroxyl groups is 1. The maximum absolute atomic E-state index is 11.3. The molecule has 6 nitrogen and oxygen atoms in total. The molecular weight excluding hydrogens is 258 g/mol. The van der Waals surface area contributed by atoms with Gasteiger partial charge in [-0.15, -0.1) is 0 Å². The number of hydrogen-bond acceptors (Lipinski definition) is 4. The van der Waals surface area contributed by atoms with Gasteiger partial charge in [-0.05, 0) is 37.9 Å². The molecule has 1 atom stereocenters. The van der Waals surface area contributed by atoms with Crippen LogP contribution < -0.4 is 5.32 Å². The summed E-state index contributed by atoms with van der Waals surface area (Å²) in [5.74, 6) is 0.197. The highest BCUT2D eigenvalue weighted by Gasteiger charge is 2.21. The fourth-order valence-corrected chi connectivity index (χ4v) is 2.79. The molecule has 0 aromatic carbocycles. The first-order chi connectivity index (χ1) is 9.65. The minimum atomic E-state index is -1.07. The van der Waals surface area contributed by atoms with Gasteiger partial charge in [0.05, 0.1) is 5.52 Å². The Bertz CT molecular complexity index is 644. The molecule has 0 bridgehead atoms. The van der Waals surface area contributed by atoms with Gasteiger partial charge >= 0.3 is 5.97 Å². The van der Waals surface area contributed by atoms with Gasteiger partial charge in [-0.25, -0.2) is 9.78 Å². The van der Waals surface area contributed by atoms with Crippen LogP contribution >= 0.6 is 0 Å². The molecule has 0 amide bonds. The number of aromatic nitrogens is 2. The normalized spacial score (nSPS) is 19.3. The molecule has 2 aromatic heterocycles. The first-order valence-corrected chi connectivity index (χ1v) is 6.79. The molecule has 1 unspecified atom stereocenters. The van der Waals surface area contributed by atoms with Crippen molar-refractivity contribution in [2.24, 2.45) is 5.92 Å². The van der Waals surface area contributed by atoms with E-state index < -0.39 is 5.97 Å². The Morgan fingerprint density at radius 3 is 3.10 bits per heavy atom. The van der Waals surface area contributed by atoms with Crippen molar-refractivity contribution < 1.29 is 15.0 Å². The van der Waals surface area contributed by atoms with E-state index in [0.29, 0.717) is 11.4 Å². The minimum absolute atomic E-state index is 0.000307. The summed E-state index contributed by atoms with van der Waals surface area (Å²) in [7, 11) is 0. The molecule has 20 heavy (non-hydrogen) atoms. The standard InChI is InChI=1S/C14H17N3O3/c18-10-3-5-17-11(7-10)13(14(19)20)16-12(17)6-9-2-1-4-15-8-9/h3,5,7,9,15,18H,1-2,4,6,8H2,(H,19,20). The van der Waals surface area contributed by atoms with Gasteiger partial charge in [-0.2, -0.15) is 0 Å². The first kappa shape index (κ1) is 12.9. The van der Waals surface area contributed by atoms with E-state index in [1.165, 1.54) is 6.07 Å². The Labute approximate surface area is 116 Å². The molecule has 106 valence electrons. The Hall–Kier alpha value is -2.08. The van der Waals surface area contributed by atoms with E-state index in [-0.39, 0.29) is 11.4 Å². The van der Waals surface area contributed by atoms with Crippen LogP contribution in [-0.4, -0.2) is 38.7 Å².